The molecule has 0 saturated heterocycles. The zero-order valence-electron chi connectivity index (χ0n) is 10.6. The smallest absolute Gasteiger partial charge is 0.328 e. The molecule has 0 aliphatic rings. The molecule has 0 atom stereocenters. The number of nitrogens with two attached hydrogens (primary N) is 1. The van der Waals surface area contributed by atoms with Gasteiger partial charge in [-0.1, -0.05) is 5.59 Å². The summed E-state index contributed by atoms with van der Waals surface area (Å²) in [5.74, 6) is 4.32. The third kappa shape index (κ3) is 2.65. The van der Waals surface area contributed by atoms with E-state index in [-0.39, 0.29) is 18.5 Å². The summed E-state index contributed by atoms with van der Waals surface area (Å²) in [6.07, 6.45) is 1.49. The number of hydrogen-bond acceptors (Lipinski definition) is 7. The Morgan fingerprint density at radius 2 is 2.32 bits per heavy atom. The van der Waals surface area contributed by atoms with Gasteiger partial charge in [-0.25, -0.2) is 10.8 Å². The summed E-state index contributed by atoms with van der Waals surface area (Å²) in [5, 5.41) is 0.621. The van der Waals surface area contributed by atoms with Crippen molar-refractivity contribution in [3.63, 3.8) is 0 Å². The van der Waals surface area contributed by atoms with E-state index in [1.807, 2.05) is 19.4 Å². The number of thiophene rings is 1. The van der Waals surface area contributed by atoms with Crippen molar-refractivity contribution in [3.8, 4) is 0 Å². The first-order valence-corrected chi connectivity index (χ1v) is 6.46. The summed E-state index contributed by atoms with van der Waals surface area (Å²) in [4.78, 5) is 33.8. The predicted molar refractivity (Wildman–Crippen MR) is 71.4 cm³/mol. The highest BCUT2D eigenvalue weighted by Gasteiger charge is 2.12. The summed E-state index contributed by atoms with van der Waals surface area (Å²) >= 11 is 1.49. The van der Waals surface area contributed by atoms with Crippen LogP contribution >= 0.6 is 11.3 Å². The first-order chi connectivity index (χ1) is 9.04. The molecule has 0 amide bonds. The Bertz CT molecular complexity index is 676. The van der Waals surface area contributed by atoms with Crippen molar-refractivity contribution in [2.75, 3.05) is 0 Å². The minimum absolute atomic E-state index is 0.0411. The van der Waals surface area contributed by atoms with Gasteiger partial charge < -0.3 is 4.84 Å². The Kier molecular flexibility index (Phi) is 3.93. The minimum Gasteiger partial charge on any atom is -0.356 e. The van der Waals surface area contributed by atoms with Gasteiger partial charge in [0.1, 0.15) is 4.83 Å². The van der Waals surface area contributed by atoms with E-state index in [2.05, 4.69) is 9.82 Å². The van der Waals surface area contributed by atoms with E-state index in [9.17, 15) is 9.59 Å². The summed E-state index contributed by atoms with van der Waals surface area (Å²) in [5.41, 5.74) is 2.61. The fourth-order valence-electron chi connectivity index (χ4n) is 1.76. The molecular formula is C11H14N4O3S. The molecule has 0 unspecified atom stereocenters. The molecule has 0 radical (unpaired) electrons. The van der Waals surface area contributed by atoms with Gasteiger partial charge in [-0.05, 0) is 19.4 Å². The number of rotatable bonds is 4. The van der Waals surface area contributed by atoms with E-state index < -0.39 is 5.97 Å². The lowest BCUT2D eigenvalue weighted by molar-refractivity contribution is -0.151. The van der Waals surface area contributed by atoms with Crippen LogP contribution in [0.4, 0.5) is 0 Å². The molecule has 0 aliphatic carbocycles. The van der Waals surface area contributed by atoms with Gasteiger partial charge in [0.25, 0.3) is 5.56 Å². The number of fused-ring (bicyclic) bond motifs is 1. The standard InChI is InChI=1S/C11H14N4O3S/c1-6-7(2)19-10-9(6)11(17)15(5-13-10)4-3-8(16)18-14-12/h5,14H,3-4,12H2,1-2H3. The normalized spacial score (nSPS) is 10.9. The van der Waals surface area contributed by atoms with Gasteiger partial charge in [0.05, 0.1) is 18.1 Å². The summed E-state index contributed by atoms with van der Waals surface area (Å²) in [6.45, 7) is 4.06. The average Bonchev–Trinajstić information content (AvgIpc) is 2.65. The molecule has 0 fully saturated rings. The maximum Gasteiger partial charge on any atom is 0.328 e. The molecular weight excluding hydrogens is 268 g/mol. The number of carbonyl (C=O) groups is 1. The van der Waals surface area contributed by atoms with Gasteiger partial charge in [-0.3, -0.25) is 14.2 Å². The quantitative estimate of drug-likeness (QED) is 0.621. The minimum atomic E-state index is -0.535. The molecule has 0 saturated carbocycles. The number of aromatic nitrogens is 2. The fraction of sp³-hybridized carbons (Fsp3) is 0.364. The van der Waals surface area contributed by atoms with Gasteiger partial charge in [-0.15, -0.1) is 11.3 Å². The Labute approximate surface area is 112 Å². The van der Waals surface area contributed by atoms with Gasteiger partial charge in [0.15, 0.2) is 0 Å². The first-order valence-electron chi connectivity index (χ1n) is 5.65. The number of nitrogens with one attached hydrogen (secondary N) is 1. The summed E-state index contributed by atoms with van der Waals surface area (Å²) < 4.78 is 1.40. The second-order valence-corrected chi connectivity index (χ2v) is 5.25. The van der Waals surface area contributed by atoms with Crippen LogP contribution in [0.15, 0.2) is 11.1 Å². The predicted octanol–water partition coefficient (Wildman–Crippen LogP) is 0.386. The molecule has 0 bridgehead atoms. The number of nitrogens with zero attached hydrogens (tertiary/aromatic N) is 2. The Balaban J connectivity index is 2.30. The first kappa shape index (κ1) is 13.7. The molecule has 7 nitrogen and oxygen atoms in total. The lowest BCUT2D eigenvalue weighted by atomic mass is 10.2. The van der Waals surface area contributed by atoms with Crippen molar-refractivity contribution >= 4 is 27.5 Å². The monoisotopic (exact) mass is 282 g/mol. The van der Waals surface area contributed by atoms with Crippen LogP contribution in [0, 0.1) is 13.8 Å². The number of hydrogen-bond donors (Lipinski definition) is 2. The largest absolute Gasteiger partial charge is 0.356 e. The topological polar surface area (TPSA) is 99.2 Å². The average molecular weight is 282 g/mol. The van der Waals surface area contributed by atoms with Gasteiger partial charge >= 0.3 is 5.97 Å². The highest BCUT2D eigenvalue weighted by molar-refractivity contribution is 7.18. The van der Waals surface area contributed by atoms with Crippen LogP contribution < -0.4 is 17.0 Å². The molecule has 3 N–H and O–H groups in total. The van der Waals surface area contributed by atoms with Crippen LogP contribution in [-0.2, 0) is 16.2 Å². The van der Waals surface area contributed by atoms with Crippen molar-refractivity contribution in [3.05, 3.63) is 27.1 Å². The molecule has 19 heavy (non-hydrogen) atoms. The molecule has 0 aromatic carbocycles. The van der Waals surface area contributed by atoms with E-state index in [0.717, 1.165) is 15.3 Å². The van der Waals surface area contributed by atoms with Crippen LogP contribution in [-0.4, -0.2) is 15.5 Å². The maximum atomic E-state index is 12.3. The molecule has 2 aromatic heterocycles. The van der Waals surface area contributed by atoms with Crippen molar-refractivity contribution in [2.45, 2.75) is 26.8 Å². The van der Waals surface area contributed by atoms with Crippen LogP contribution in [0.2, 0.25) is 0 Å². The Morgan fingerprint density at radius 3 is 3.00 bits per heavy atom. The second kappa shape index (κ2) is 5.47. The summed E-state index contributed by atoms with van der Waals surface area (Å²) in [7, 11) is 0. The van der Waals surface area contributed by atoms with Gasteiger partial charge in [-0.2, -0.15) is 0 Å². The molecule has 102 valence electrons. The van der Waals surface area contributed by atoms with Crippen molar-refractivity contribution in [1.82, 2.24) is 15.1 Å². The van der Waals surface area contributed by atoms with Gasteiger partial charge in [0, 0.05) is 11.4 Å². The van der Waals surface area contributed by atoms with Crippen molar-refractivity contribution < 1.29 is 9.63 Å². The zero-order chi connectivity index (χ0) is 14.0. The van der Waals surface area contributed by atoms with Crippen LogP contribution in [0.25, 0.3) is 10.2 Å². The molecule has 2 aromatic rings. The molecule has 8 heteroatoms. The SMILES string of the molecule is Cc1sc2ncn(CCC(=O)ONN)c(=O)c2c1C. The number of aryl methyl sites for hydroxylation is 3. The molecule has 0 spiro atoms. The lowest BCUT2D eigenvalue weighted by Crippen LogP contribution is -2.28. The van der Waals surface area contributed by atoms with Crippen LogP contribution in [0.1, 0.15) is 16.9 Å². The van der Waals surface area contributed by atoms with Crippen molar-refractivity contribution in [1.29, 1.82) is 0 Å². The summed E-state index contributed by atoms with van der Waals surface area (Å²) in [6, 6.07) is 0. The van der Waals surface area contributed by atoms with E-state index in [0.29, 0.717) is 5.39 Å². The Morgan fingerprint density at radius 1 is 1.58 bits per heavy atom. The van der Waals surface area contributed by atoms with Crippen molar-refractivity contribution in [2.24, 2.45) is 5.84 Å². The third-order valence-corrected chi connectivity index (χ3v) is 4.00. The maximum absolute atomic E-state index is 12.3. The lowest BCUT2D eigenvalue weighted by Gasteiger charge is -2.05. The fourth-order valence-corrected chi connectivity index (χ4v) is 2.75. The van der Waals surface area contributed by atoms with Crippen LogP contribution in [0.5, 0.6) is 0 Å². The highest BCUT2D eigenvalue weighted by Crippen LogP contribution is 2.25. The second-order valence-electron chi connectivity index (χ2n) is 4.05. The van der Waals surface area contributed by atoms with E-state index in [4.69, 9.17) is 5.84 Å². The highest BCUT2D eigenvalue weighted by atomic mass is 32.1. The third-order valence-electron chi connectivity index (χ3n) is 2.89. The van der Waals surface area contributed by atoms with E-state index in [1.54, 1.807) is 0 Å². The number of carbonyl (C=O) groups excluding carboxylic acids is 1. The molecule has 0 aliphatic heterocycles. The van der Waals surface area contributed by atoms with E-state index in [1.165, 1.54) is 22.2 Å². The number of hydrazine groups is 1. The molecule has 2 rings (SSSR count). The zero-order valence-corrected chi connectivity index (χ0v) is 11.4. The van der Waals surface area contributed by atoms with Gasteiger partial charge in [0.2, 0.25) is 0 Å². The van der Waals surface area contributed by atoms with E-state index >= 15 is 0 Å². The Hall–Kier alpha value is -1.77. The molecule has 2 heterocycles. The van der Waals surface area contributed by atoms with Crippen LogP contribution in [0.3, 0.4) is 0 Å².